The van der Waals surface area contributed by atoms with Crippen molar-refractivity contribution in [2.24, 2.45) is 0 Å². The summed E-state index contributed by atoms with van der Waals surface area (Å²) in [5.74, 6) is 0.352. The fourth-order valence-corrected chi connectivity index (χ4v) is 5.20. The fraction of sp³-hybridized carbons (Fsp3) is 0.524. The number of rotatable bonds is 5. The van der Waals surface area contributed by atoms with Crippen LogP contribution in [0.4, 0.5) is 0 Å². The van der Waals surface area contributed by atoms with Gasteiger partial charge in [-0.25, -0.2) is 0 Å². The maximum Gasteiger partial charge on any atom is 0.115 e. The SMILES string of the molecule is CCCN1C(CCc2cccs2)COC2c3cc(O)ccc3CCC21. The van der Waals surface area contributed by atoms with Crippen LogP contribution in [0.1, 0.15) is 48.3 Å². The second-order valence-electron chi connectivity index (χ2n) is 7.25. The van der Waals surface area contributed by atoms with Gasteiger partial charge in [-0.2, -0.15) is 0 Å². The van der Waals surface area contributed by atoms with Crippen LogP contribution in [-0.2, 0) is 17.6 Å². The number of morpholine rings is 1. The molecular formula is C21H27NO2S. The molecule has 134 valence electrons. The summed E-state index contributed by atoms with van der Waals surface area (Å²) in [4.78, 5) is 4.17. The number of fused-ring (bicyclic) bond motifs is 3. The van der Waals surface area contributed by atoms with E-state index >= 15 is 0 Å². The summed E-state index contributed by atoms with van der Waals surface area (Å²) in [5, 5.41) is 12.1. The Hall–Kier alpha value is -1.36. The van der Waals surface area contributed by atoms with Crippen LogP contribution < -0.4 is 0 Å². The van der Waals surface area contributed by atoms with E-state index in [1.165, 1.54) is 22.4 Å². The molecule has 1 aliphatic heterocycles. The minimum absolute atomic E-state index is 0.111. The van der Waals surface area contributed by atoms with Gasteiger partial charge >= 0.3 is 0 Å². The summed E-state index contributed by atoms with van der Waals surface area (Å²) >= 11 is 1.85. The molecule has 1 aliphatic carbocycles. The number of aryl methyl sites for hydroxylation is 2. The molecule has 2 aliphatic rings. The first-order valence-electron chi connectivity index (χ1n) is 9.47. The number of hydrogen-bond donors (Lipinski definition) is 1. The molecule has 2 heterocycles. The van der Waals surface area contributed by atoms with Gasteiger partial charge in [-0.05, 0) is 73.4 Å². The Labute approximate surface area is 154 Å². The zero-order valence-electron chi connectivity index (χ0n) is 14.9. The first kappa shape index (κ1) is 17.1. The van der Waals surface area contributed by atoms with Crippen molar-refractivity contribution in [1.29, 1.82) is 0 Å². The lowest BCUT2D eigenvalue weighted by molar-refractivity contribution is -0.114. The number of ether oxygens (including phenoxy) is 1. The standard InChI is InChI=1S/C21H27NO2S/c1-2-11-22-16(7-9-18-4-3-12-25-18)14-24-21-19-13-17(23)8-5-15(19)6-10-20(21)22/h3-5,8,12-13,16,20-21,23H,2,6-7,9-11,14H2,1H3. The highest BCUT2D eigenvalue weighted by Gasteiger charge is 2.41. The van der Waals surface area contributed by atoms with Gasteiger partial charge < -0.3 is 9.84 Å². The second kappa shape index (κ2) is 7.48. The van der Waals surface area contributed by atoms with E-state index in [1.807, 2.05) is 17.4 Å². The molecule has 1 N–H and O–H groups in total. The first-order valence-corrected chi connectivity index (χ1v) is 10.4. The average Bonchev–Trinajstić information content (AvgIpc) is 3.14. The number of phenolic OH excluding ortho intramolecular Hbond substituents is 1. The van der Waals surface area contributed by atoms with Crippen LogP contribution >= 0.6 is 11.3 Å². The molecule has 1 fully saturated rings. The van der Waals surface area contributed by atoms with Crippen LogP contribution in [-0.4, -0.2) is 35.2 Å². The maximum atomic E-state index is 9.92. The fourth-order valence-electron chi connectivity index (χ4n) is 4.48. The molecule has 4 heteroatoms. The zero-order valence-corrected chi connectivity index (χ0v) is 15.7. The quantitative estimate of drug-likeness (QED) is 0.852. The Balaban J connectivity index is 1.53. The van der Waals surface area contributed by atoms with Gasteiger partial charge in [0.25, 0.3) is 0 Å². The molecule has 0 bridgehead atoms. The van der Waals surface area contributed by atoms with Crippen molar-refractivity contribution < 1.29 is 9.84 Å². The number of nitrogens with zero attached hydrogens (tertiary/aromatic N) is 1. The van der Waals surface area contributed by atoms with Crippen molar-refractivity contribution in [3.05, 3.63) is 51.7 Å². The zero-order chi connectivity index (χ0) is 17.2. The minimum Gasteiger partial charge on any atom is -0.508 e. The molecule has 0 spiro atoms. The van der Waals surface area contributed by atoms with Crippen molar-refractivity contribution in [3.8, 4) is 5.75 Å². The molecule has 1 aromatic carbocycles. The highest BCUT2D eigenvalue weighted by Crippen LogP contribution is 2.41. The molecule has 1 aromatic heterocycles. The smallest absolute Gasteiger partial charge is 0.115 e. The van der Waals surface area contributed by atoms with Gasteiger partial charge in [-0.3, -0.25) is 4.90 Å². The second-order valence-corrected chi connectivity index (χ2v) is 8.29. The molecule has 0 radical (unpaired) electrons. The van der Waals surface area contributed by atoms with Gasteiger partial charge in [0, 0.05) is 17.0 Å². The molecule has 3 atom stereocenters. The van der Waals surface area contributed by atoms with Crippen molar-refractivity contribution in [2.45, 2.75) is 57.2 Å². The molecule has 3 unspecified atom stereocenters. The van der Waals surface area contributed by atoms with Crippen LogP contribution in [0.2, 0.25) is 0 Å². The van der Waals surface area contributed by atoms with Crippen molar-refractivity contribution in [3.63, 3.8) is 0 Å². The van der Waals surface area contributed by atoms with Gasteiger partial charge in [0.1, 0.15) is 5.75 Å². The van der Waals surface area contributed by atoms with E-state index in [1.54, 1.807) is 6.07 Å². The molecule has 4 rings (SSSR count). The summed E-state index contributed by atoms with van der Waals surface area (Å²) in [6, 6.07) is 11.1. The summed E-state index contributed by atoms with van der Waals surface area (Å²) in [6.45, 7) is 4.19. The van der Waals surface area contributed by atoms with Crippen LogP contribution in [0.5, 0.6) is 5.75 Å². The topological polar surface area (TPSA) is 32.7 Å². The Kier molecular flexibility index (Phi) is 5.11. The normalized spacial score (nSPS) is 26.2. The Bertz CT molecular complexity index is 700. The summed E-state index contributed by atoms with van der Waals surface area (Å²) in [6.07, 6.45) is 5.82. The van der Waals surface area contributed by atoms with Crippen molar-refractivity contribution in [1.82, 2.24) is 4.90 Å². The van der Waals surface area contributed by atoms with Crippen LogP contribution in [0.15, 0.2) is 35.7 Å². The number of hydrogen-bond acceptors (Lipinski definition) is 4. The monoisotopic (exact) mass is 357 g/mol. The van der Waals surface area contributed by atoms with E-state index in [0.717, 1.165) is 38.8 Å². The van der Waals surface area contributed by atoms with E-state index in [2.05, 4.69) is 35.4 Å². The Morgan fingerprint density at radius 3 is 3.04 bits per heavy atom. The number of aromatic hydroxyl groups is 1. The lowest BCUT2D eigenvalue weighted by atomic mass is 9.82. The van der Waals surface area contributed by atoms with E-state index in [9.17, 15) is 5.11 Å². The van der Waals surface area contributed by atoms with Crippen LogP contribution in [0.3, 0.4) is 0 Å². The summed E-state index contributed by atoms with van der Waals surface area (Å²) < 4.78 is 6.37. The summed E-state index contributed by atoms with van der Waals surface area (Å²) in [7, 11) is 0. The number of benzene rings is 1. The molecule has 25 heavy (non-hydrogen) atoms. The van der Waals surface area contributed by atoms with Gasteiger partial charge in [-0.1, -0.05) is 19.1 Å². The van der Waals surface area contributed by atoms with E-state index < -0.39 is 0 Å². The van der Waals surface area contributed by atoms with Crippen LogP contribution in [0, 0.1) is 0 Å². The highest BCUT2D eigenvalue weighted by atomic mass is 32.1. The Morgan fingerprint density at radius 2 is 2.24 bits per heavy atom. The lowest BCUT2D eigenvalue weighted by Gasteiger charge is -2.49. The average molecular weight is 358 g/mol. The Morgan fingerprint density at radius 1 is 1.32 bits per heavy atom. The third kappa shape index (κ3) is 3.48. The van der Waals surface area contributed by atoms with Crippen molar-refractivity contribution in [2.75, 3.05) is 13.2 Å². The van der Waals surface area contributed by atoms with E-state index in [4.69, 9.17) is 4.74 Å². The predicted octanol–water partition coefficient (Wildman–Crippen LogP) is 4.55. The summed E-state index contributed by atoms with van der Waals surface area (Å²) in [5.41, 5.74) is 2.54. The molecular weight excluding hydrogens is 330 g/mol. The lowest BCUT2D eigenvalue weighted by Crippen LogP contribution is -2.55. The predicted molar refractivity (Wildman–Crippen MR) is 102 cm³/mol. The van der Waals surface area contributed by atoms with Gasteiger partial charge in [0.2, 0.25) is 0 Å². The van der Waals surface area contributed by atoms with Crippen LogP contribution in [0.25, 0.3) is 0 Å². The van der Waals surface area contributed by atoms with E-state index in [0.29, 0.717) is 17.8 Å². The molecule has 0 saturated carbocycles. The minimum atomic E-state index is 0.111. The van der Waals surface area contributed by atoms with Gasteiger partial charge in [-0.15, -0.1) is 11.3 Å². The third-order valence-electron chi connectivity index (χ3n) is 5.64. The number of phenols is 1. The molecule has 0 amide bonds. The number of thiophene rings is 1. The molecule has 2 aromatic rings. The highest BCUT2D eigenvalue weighted by molar-refractivity contribution is 7.09. The third-order valence-corrected chi connectivity index (χ3v) is 6.58. The molecule has 1 saturated heterocycles. The largest absolute Gasteiger partial charge is 0.508 e. The van der Waals surface area contributed by atoms with Gasteiger partial charge in [0.05, 0.1) is 12.7 Å². The van der Waals surface area contributed by atoms with Crippen molar-refractivity contribution >= 4 is 11.3 Å². The van der Waals surface area contributed by atoms with Gasteiger partial charge in [0.15, 0.2) is 0 Å². The van der Waals surface area contributed by atoms with E-state index in [-0.39, 0.29) is 6.10 Å². The molecule has 3 nitrogen and oxygen atoms in total. The first-order chi connectivity index (χ1) is 12.3. The maximum absolute atomic E-state index is 9.92.